The van der Waals surface area contributed by atoms with Gasteiger partial charge in [0, 0.05) is 32.6 Å². The molecule has 2 aromatic heterocycles. The van der Waals surface area contributed by atoms with Crippen LogP contribution in [0.15, 0.2) is 35.5 Å². The minimum Gasteiger partial charge on any atom is -0.370 e. The van der Waals surface area contributed by atoms with Crippen molar-refractivity contribution < 1.29 is 24.0 Å². The number of nitrogens with one attached hydrogen (secondary N) is 4. The summed E-state index contributed by atoms with van der Waals surface area (Å²) in [7, 11) is 0. The van der Waals surface area contributed by atoms with Crippen molar-refractivity contribution in [1.82, 2.24) is 41.2 Å². The SMILES string of the molecule is CC(=O)N[C@H]1CCCCn2cc(nn2)C[C@H](C(=O)N[C@H](CCCN=C(N)N)C(=O)c2nc3ccccc3s2)NC(=O)[C@H](CC(C)C)NC1=O. The van der Waals surface area contributed by atoms with E-state index in [1.54, 1.807) is 16.9 Å². The molecular weight excluding hydrogens is 650 g/mol. The Bertz CT molecular complexity index is 1630. The summed E-state index contributed by atoms with van der Waals surface area (Å²) in [6.45, 7) is 5.87. The molecule has 16 nitrogen and oxygen atoms in total. The van der Waals surface area contributed by atoms with E-state index in [0.29, 0.717) is 43.4 Å². The fourth-order valence-electron chi connectivity index (χ4n) is 5.52. The van der Waals surface area contributed by atoms with E-state index < -0.39 is 41.9 Å². The van der Waals surface area contributed by atoms with Crippen molar-refractivity contribution in [3.63, 3.8) is 0 Å². The average molecular weight is 696 g/mol. The zero-order chi connectivity index (χ0) is 35.5. The van der Waals surface area contributed by atoms with Crippen LogP contribution in [0.3, 0.4) is 0 Å². The first-order valence-electron chi connectivity index (χ1n) is 16.4. The zero-order valence-corrected chi connectivity index (χ0v) is 28.8. The van der Waals surface area contributed by atoms with Gasteiger partial charge in [-0.2, -0.15) is 0 Å². The van der Waals surface area contributed by atoms with Crippen LogP contribution < -0.4 is 32.7 Å². The number of benzene rings is 1. The molecule has 3 heterocycles. The highest BCUT2D eigenvalue weighted by Crippen LogP contribution is 2.23. The normalized spacial score (nSPS) is 19.6. The molecule has 0 saturated heterocycles. The molecule has 0 fully saturated rings. The van der Waals surface area contributed by atoms with Gasteiger partial charge in [0.2, 0.25) is 29.4 Å². The summed E-state index contributed by atoms with van der Waals surface area (Å²) < 4.78 is 2.46. The summed E-state index contributed by atoms with van der Waals surface area (Å²) in [5.74, 6) is -2.54. The number of carbonyl (C=O) groups is 5. The zero-order valence-electron chi connectivity index (χ0n) is 28.0. The van der Waals surface area contributed by atoms with Crippen LogP contribution >= 0.6 is 11.3 Å². The number of guanidine groups is 1. The third-order valence-corrected chi connectivity index (χ3v) is 8.93. The molecule has 0 radical (unpaired) electrons. The third-order valence-electron chi connectivity index (χ3n) is 7.88. The number of Topliss-reactive ketones (excluding diaryl/α,β-unsaturated/α-hetero) is 1. The highest BCUT2D eigenvalue weighted by molar-refractivity contribution is 7.20. The molecule has 1 aromatic carbocycles. The molecule has 4 amide bonds. The lowest BCUT2D eigenvalue weighted by Crippen LogP contribution is -2.58. The van der Waals surface area contributed by atoms with E-state index in [1.165, 1.54) is 18.3 Å². The van der Waals surface area contributed by atoms with Gasteiger partial charge in [-0.1, -0.05) is 31.2 Å². The third kappa shape index (κ3) is 11.1. The van der Waals surface area contributed by atoms with Crippen molar-refractivity contribution in [3.05, 3.63) is 41.2 Å². The number of ketones is 1. The Morgan fingerprint density at radius 2 is 1.90 bits per heavy atom. The predicted molar refractivity (Wildman–Crippen MR) is 184 cm³/mol. The quantitative estimate of drug-likeness (QED) is 0.0705. The lowest BCUT2D eigenvalue weighted by Gasteiger charge is -2.27. The minimum absolute atomic E-state index is 0.00514. The van der Waals surface area contributed by atoms with Crippen LogP contribution in [0.4, 0.5) is 0 Å². The van der Waals surface area contributed by atoms with Gasteiger partial charge in [0.25, 0.3) is 0 Å². The van der Waals surface area contributed by atoms with Crippen LogP contribution in [0.25, 0.3) is 10.2 Å². The summed E-state index contributed by atoms with van der Waals surface area (Å²) >= 11 is 1.22. The van der Waals surface area contributed by atoms with E-state index in [4.69, 9.17) is 11.5 Å². The molecule has 17 heteroatoms. The fourth-order valence-corrected chi connectivity index (χ4v) is 6.48. The molecule has 1 aliphatic rings. The number of hydrogen-bond acceptors (Lipinski definition) is 10. The summed E-state index contributed by atoms with van der Waals surface area (Å²) in [6, 6.07) is 3.32. The number of aromatic nitrogens is 4. The summed E-state index contributed by atoms with van der Waals surface area (Å²) in [4.78, 5) is 75.4. The van der Waals surface area contributed by atoms with Crippen molar-refractivity contribution in [3.8, 4) is 0 Å². The molecule has 4 rings (SSSR count). The molecule has 8 N–H and O–H groups in total. The first-order valence-corrected chi connectivity index (χ1v) is 17.2. The van der Waals surface area contributed by atoms with E-state index in [-0.39, 0.29) is 54.4 Å². The Hall–Kier alpha value is -4.93. The van der Waals surface area contributed by atoms with Gasteiger partial charge in [0.05, 0.1) is 22.0 Å². The molecule has 0 aliphatic carbocycles. The van der Waals surface area contributed by atoms with Gasteiger partial charge in [0.15, 0.2) is 11.0 Å². The Balaban J connectivity index is 1.62. The summed E-state index contributed by atoms with van der Waals surface area (Å²) in [5, 5.41) is 19.7. The van der Waals surface area contributed by atoms with E-state index in [9.17, 15) is 24.0 Å². The van der Waals surface area contributed by atoms with Gasteiger partial charge in [-0.25, -0.2) is 4.98 Å². The lowest BCUT2D eigenvalue weighted by atomic mass is 10.0. The molecule has 4 atom stereocenters. The van der Waals surface area contributed by atoms with Gasteiger partial charge in [-0.15, -0.1) is 16.4 Å². The number of hydrogen-bond donors (Lipinski definition) is 6. The second-order valence-electron chi connectivity index (χ2n) is 12.5. The second kappa shape index (κ2) is 17.5. The van der Waals surface area contributed by atoms with Crippen LogP contribution in [0, 0.1) is 5.92 Å². The topological polar surface area (TPSA) is 241 Å². The number of rotatable bonds is 11. The van der Waals surface area contributed by atoms with Crippen LogP contribution in [0.5, 0.6) is 0 Å². The lowest BCUT2D eigenvalue weighted by molar-refractivity contribution is -0.134. The highest BCUT2D eigenvalue weighted by Gasteiger charge is 2.33. The Labute approximate surface area is 288 Å². The van der Waals surface area contributed by atoms with Crippen molar-refractivity contribution in [2.24, 2.45) is 22.4 Å². The molecule has 49 heavy (non-hydrogen) atoms. The number of aryl methyl sites for hydroxylation is 1. The number of thiazole rings is 1. The molecule has 0 spiro atoms. The molecule has 1 aliphatic heterocycles. The predicted octanol–water partition coefficient (Wildman–Crippen LogP) is 0.556. The smallest absolute Gasteiger partial charge is 0.243 e. The second-order valence-corrected chi connectivity index (χ2v) is 13.6. The number of nitrogens with two attached hydrogens (primary N) is 2. The maximum Gasteiger partial charge on any atom is 0.243 e. The molecular formula is C32H45N11O5S. The molecule has 0 unspecified atom stereocenters. The highest BCUT2D eigenvalue weighted by atomic mass is 32.1. The summed E-state index contributed by atoms with van der Waals surface area (Å²) in [5.41, 5.74) is 12.1. The van der Waals surface area contributed by atoms with Crippen LogP contribution in [-0.4, -0.2) is 86.1 Å². The number of carbonyl (C=O) groups excluding carboxylic acids is 5. The minimum atomic E-state index is -1.18. The summed E-state index contributed by atoms with van der Waals surface area (Å²) in [6.07, 6.45) is 4.15. The number of amides is 4. The van der Waals surface area contributed by atoms with Crippen molar-refractivity contribution in [2.45, 2.75) is 96.4 Å². The van der Waals surface area contributed by atoms with E-state index >= 15 is 0 Å². The van der Waals surface area contributed by atoms with Gasteiger partial charge in [-0.3, -0.25) is 33.6 Å². The van der Waals surface area contributed by atoms with Crippen LogP contribution in [-0.2, 0) is 32.1 Å². The van der Waals surface area contributed by atoms with Crippen molar-refractivity contribution >= 4 is 56.9 Å². The first-order chi connectivity index (χ1) is 23.4. The molecule has 2 bridgehead atoms. The standard InChI is InChI=1S/C32H45N11O5S/c1-18(2)15-24-29(47)39-25(16-20-17-43(42-41-20)14-7-6-10-23(28(46)38-24)36-19(3)44)30(48)37-22(11-8-13-35-32(33)34)27(45)31-40-21-9-4-5-12-26(21)49-31/h4-5,9,12,17-18,22-25H,6-8,10-11,13-16H2,1-3H3,(H,36,44)(H,37,48)(H,38,46)(H,39,47)(H4,33,34,35)/t22-,23+,24+,25-/m1/s1. The van der Waals surface area contributed by atoms with Gasteiger partial charge < -0.3 is 32.7 Å². The fraction of sp³-hybridized carbons (Fsp3) is 0.531. The van der Waals surface area contributed by atoms with Gasteiger partial charge >= 0.3 is 0 Å². The first kappa shape index (κ1) is 36.9. The van der Waals surface area contributed by atoms with Crippen molar-refractivity contribution in [1.29, 1.82) is 0 Å². The maximum atomic E-state index is 14.0. The maximum absolute atomic E-state index is 14.0. The Morgan fingerprint density at radius 3 is 2.61 bits per heavy atom. The number of fused-ring (bicyclic) bond motifs is 3. The van der Waals surface area contributed by atoms with Gasteiger partial charge in [-0.05, 0) is 56.6 Å². The molecule has 3 aromatic rings. The number of nitrogens with zero attached hydrogens (tertiary/aromatic N) is 5. The molecule has 264 valence electrons. The van der Waals surface area contributed by atoms with E-state index in [0.717, 1.165) is 4.70 Å². The average Bonchev–Trinajstić information content (AvgIpc) is 3.68. The van der Waals surface area contributed by atoms with Crippen LogP contribution in [0.1, 0.15) is 74.8 Å². The number of para-hydroxylation sites is 1. The van der Waals surface area contributed by atoms with Gasteiger partial charge in [0.1, 0.15) is 18.1 Å². The van der Waals surface area contributed by atoms with E-state index in [1.807, 2.05) is 32.0 Å². The largest absolute Gasteiger partial charge is 0.370 e. The Morgan fingerprint density at radius 1 is 1.12 bits per heavy atom. The molecule has 0 saturated carbocycles. The number of aliphatic imine (C=N–C) groups is 1. The Kier molecular flexibility index (Phi) is 13.1. The van der Waals surface area contributed by atoms with Crippen molar-refractivity contribution in [2.75, 3.05) is 6.54 Å². The van der Waals surface area contributed by atoms with Crippen LogP contribution in [0.2, 0.25) is 0 Å². The monoisotopic (exact) mass is 695 g/mol. The van der Waals surface area contributed by atoms with E-state index in [2.05, 4.69) is 41.6 Å².